The Morgan fingerprint density at radius 3 is 1.24 bits per heavy atom. The van der Waals surface area contributed by atoms with Crippen molar-refractivity contribution in [3.05, 3.63) is 125 Å². The molecule has 0 saturated carbocycles. The summed E-state index contributed by atoms with van der Waals surface area (Å²) in [7, 11) is 0. The molecule has 7 heteroatoms. The van der Waals surface area contributed by atoms with Crippen molar-refractivity contribution >= 4 is 21.8 Å². The predicted molar refractivity (Wildman–Crippen MR) is 153 cm³/mol. The third-order valence-corrected chi connectivity index (χ3v) is 6.55. The minimum atomic E-state index is 0.294. The van der Waals surface area contributed by atoms with Gasteiger partial charge in [0.2, 0.25) is 0 Å². The highest BCUT2D eigenvalue weighted by atomic mass is 16.5. The third kappa shape index (κ3) is 4.53. The van der Waals surface area contributed by atoms with Crippen molar-refractivity contribution < 1.29 is 9.47 Å². The van der Waals surface area contributed by atoms with Crippen LogP contribution < -0.4 is 9.47 Å². The van der Waals surface area contributed by atoms with Gasteiger partial charge in [-0.3, -0.25) is 0 Å². The molecule has 0 fully saturated rings. The molecule has 0 radical (unpaired) electrons. The van der Waals surface area contributed by atoms with Gasteiger partial charge in [-0.15, -0.1) is 0 Å². The molecule has 0 bridgehead atoms. The number of aromatic nitrogens is 1. The molecule has 0 spiro atoms. The van der Waals surface area contributed by atoms with Crippen LogP contribution in [0.5, 0.6) is 23.0 Å². The topological polar surface area (TPSA) is 119 Å². The summed E-state index contributed by atoms with van der Waals surface area (Å²) in [6, 6.07) is 38.8. The van der Waals surface area contributed by atoms with Gasteiger partial charge in [0.15, 0.2) is 11.5 Å². The van der Waals surface area contributed by atoms with Gasteiger partial charge in [-0.25, -0.2) is 0 Å². The number of ether oxygens (including phenoxy) is 2. The van der Waals surface area contributed by atoms with E-state index in [2.05, 4.69) is 24.3 Å². The van der Waals surface area contributed by atoms with E-state index in [9.17, 15) is 21.0 Å². The fraction of sp³-hybridized carbons (Fsp3) is 0. The van der Waals surface area contributed by atoms with E-state index in [0.29, 0.717) is 50.9 Å². The number of nitriles is 4. The van der Waals surface area contributed by atoms with Gasteiger partial charge >= 0.3 is 0 Å². The Kier molecular flexibility index (Phi) is 6.23. The monoisotopic (exact) mass is 527 g/mol. The van der Waals surface area contributed by atoms with Crippen molar-refractivity contribution in [2.24, 2.45) is 0 Å². The molecule has 7 nitrogen and oxygen atoms in total. The first kappa shape index (κ1) is 24.8. The van der Waals surface area contributed by atoms with Gasteiger partial charge in [-0.1, -0.05) is 42.5 Å². The number of nitrogens with zero attached hydrogens (tertiary/aromatic N) is 5. The lowest BCUT2D eigenvalue weighted by atomic mass is 10.1. The Labute approximate surface area is 235 Å². The average Bonchev–Trinajstić information content (AvgIpc) is 3.35. The van der Waals surface area contributed by atoms with Crippen LogP contribution in [0.1, 0.15) is 22.3 Å². The number of benzene rings is 5. The first-order valence-corrected chi connectivity index (χ1v) is 12.5. The largest absolute Gasteiger partial charge is 0.455 e. The Balaban J connectivity index is 1.63. The second-order valence-corrected chi connectivity index (χ2v) is 9.12. The standard InChI is InChI=1S/C34H17N5O2/c35-18-22-12-23(19-36)15-26(14-22)40-32-10-5-11-33(41-27-16-24(20-37)13-25(17-27)21-38)34(32)39-30-8-3-1-6-28(30)29-7-2-4-9-31(29)39/h1-17H. The van der Waals surface area contributed by atoms with Gasteiger partial charge in [-0.05, 0) is 60.7 Å². The molecule has 6 aromatic rings. The molecule has 0 aliphatic rings. The lowest BCUT2D eigenvalue weighted by molar-refractivity contribution is 0.456. The lowest BCUT2D eigenvalue weighted by Gasteiger charge is -2.19. The summed E-state index contributed by atoms with van der Waals surface area (Å²) in [5, 5.41) is 40.1. The molecule has 0 atom stereocenters. The minimum Gasteiger partial charge on any atom is -0.455 e. The van der Waals surface area contributed by atoms with Crippen LogP contribution in [0.2, 0.25) is 0 Å². The maximum absolute atomic E-state index is 9.50. The van der Waals surface area contributed by atoms with Crippen molar-refractivity contribution in [1.82, 2.24) is 4.57 Å². The Morgan fingerprint density at radius 1 is 0.463 bits per heavy atom. The van der Waals surface area contributed by atoms with Gasteiger partial charge in [0.25, 0.3) is 0 Å². The van der Waals surface area contributed by atoms with E-state index in [1.165, 1.54) is 12.1 Å². The van der Waals surface area contributed by atoms with Crippen LogP contribution in [0, 0.1) is 45.3 Å². The van der Waals surface area contributed by atoms with E-state index in [-0.39, 0.29) is 0 Å². The molecule has 0 aliphatic heterocycles. The first-order chi connectivity index (χ1) is 20.1. The molecule has 41 heavy (non-hydrogen) atoms. The molecule has 0 aliphatic carbocycles. The van der Waals surface area contributed by atoms with E-state index in [0.717, 1.165) is 21.8 Å². The van der Waals surface area contributed by atoms with Crippen molar-refractivity contribution in [3.8, 4) is 53.0 Å². The highest BCUT2D eigenvalue weighted by Gasteiger charge is 2.21. The van der Waals surface area contributed by atoms with E-state index in [4.69, 9.17) is 9.47 Å². The second-order valence-electron chi connectivity index (χ2n) is 9.12. The highest BCUT2D eigenvalue weighted by Crippen LogP contribution is 2.43. The van der Waals surface area contributed by atoms with Gasteiger partial charge in [-0.2, -0.15) is 21.0 Å². The number of hydrogen-bond donors (Lipinski definition) is 0. The van der Waals surface area contributed by atoms with E-state index in [1.807, 2.05) is 53.1 Å². The molecule has 0 saturated heterocycles. The zero-order chi connectivity index (χ0) is 28.3. The number of fused-ring (bicyclic) bond motifs is 3. The summed E-state index contributed by atoms with van der Waals surface area (Å²) in [4.78, 5) is 0. The Morgan fingerprint density at radius 2 is 0.854 bits per heavy atom. The summed E-state index contributed by atoms with van der Waals surface area (Å²) in [6.45, 7) is 0. The summed E-state index contributed by atoms with van der Waals surface area (Å²) < 4.78 is 14.8. The second kappa shape index (κ2) is 10.3. The van der Waals surface area contributed by atoms with Gasteiger partial charge in [0.05, 0.1) is 57.6 Å². The van der Waals surface area contributed by atoms with Crippen LogP contribution in [0.25, 0.3) is 27.5 Å². The molecule has 6 rings (SSSR count). The SMILES string of the molecule is N#Cc1cc(C#N)cc(Oc2cccc(Oc3cc(C#N)cc(C#N)c3)c2-n2c3ccccc3c3ccccc32)c1. The van der Waals surface area contributed by atoms with Gasteiger partial charge < -0.3 is 14.0 Å². The van der Waals surface area contributed by atoms with Gasteiger partial charge in [0, 0.05) is 10.8 Å². The van der Waals surface area contributed by atoms with E-state index >= 15 is 0 Å². The molecular formula is C34H17N5O2. The molecule has 0 amide bonds. The van der Waals surface area contributed by atoms with Crippen LogP contribution in [-0.4, -0.2) is 4.57 Å². The first-order valence-electron chi connectivity index (χ1n) is 12.5. The van der Waals surface area contributed by atoms with Crippen molar-refractivity contribution in [1.29, 1.82) is 21.0 Å². The van der Waals surface area contributed by atoms with Crippen LogP contribution in [0.15, 0.2) is 103 Å². The molecule has 0 N–H and O–H groups in total. The highest BCUT2D eigenvalue weighted by molar-refractivity contribution is 6.09. The Hall–Kier alpha value is -6.54. The fourth-order valence-electron chi connectivity index (χ4n) is 4.88. The Bertz CT molecular complexity index is 1950. The van der Waals surface area contributed by atoms with E-state index in [1.54, 1.807) is 42.5 Å². The summed E-state index contributed by atoms with van der Waals surface area (Å²) in [5.74, 6) is 1.45. The third-order valence-electron chi connectivity index (χ3n) is 6.55. The lowest BCUT2D eigenvalue weighted by Crippen LogP contribution is -2.01. The number of hydrogen-bond acceptors (Lipinski definition) is 6. The van der Waals surface area contributed by atoms with Crippen LogP contribution >= 0.6 is 0 Å². The zero-order valence-corrected chi connectivity index (χ0v) is 21.4. The maximum Gasteiger partial charge on any atom is 0.155 e. The van der Waals surface area contributed by atoms with Gasteiger partial charge in [0.1, 0.15) is 17.2 Å². The normalized spacial score (nSPS) is 10.3. The molecule has 1 aromatic heterocycles. The minimum absolute atomic E-state index is 0.294. The zero-order valence-electron chi connectivity index (χ0n) is 21.4. The van der Waals surface area contributed by atoms with Crippen molar-refractivity contribution in [2.75, 3.05) is 0 Å². The van der Waals surface area contributed by atoms with Crippen LogP contribution in [0.4, 0.5) is 0 Å². The molecule has 1 heterocycles. The fourth-order valence-corrected chi connectivity index (χ4v) is 4.88. The maximum atomic E-state index is 9.50. The smallest absolute Gasteiger partial charge is 0.155 e. The van der Waals surface area contributed by atoms with Crippen molar-refractivity contribution in [2.45, 2.75) is 0 Å². The molecule has 5 aromatic carbocycles. The average molecular weight is 528 g/mol. The number of para-hydroxylation sites is 3. The quantitative estimate of drug-likeness (QED) is 0.225. The van der Waals surface area contributed by atoms with E-state index < -0.39 is 0 Å². The molecule has 190 valence electrons. The summed E-state index contributed by atoms with van der Waals surface area (Å²) >= 11 is 0. The van der Waals surface area contributed by atoms with Crippen LogP contribution in [0.3, 0.4) is 0 Å². The van der Waals surface area contributed by atoms with Crippen molar-refractivity contribution in [3.63, 3.8) is 0 Å². The number of rotatable bonds is 5. The molecule has 0 unspecified atom stereocenters. The summed E-state index contributed by atoms with van der Waals surface area (Å²) in [6.07, 6.45) is 0. The predicted octanol–water partition coefficient (Wildman–Crippen LogP) is 7.86. The van der Waals surface area contributed by atoms with Crippen LogP contribution in [-0.2, 0) is 0 Å². The molecular weight excluding hydrogens is 510 g/mol. The summed E-state index contributed by atoms with van der Waals surface area (Å²) in [5.41, 5.74) is 3.55.